The molecule has 0 bridgehead atoms. The summed E-state index contributed by atoms with van der Waals surface area (Å²) in [6.07, 6.45) is 4.50. The second-order valence-electron chi connectivity index (χ2n) is 0.612. The van der Waals surface area contributed by atoms with Gasteiger partial charge in [-0.25, -0.2) is 0 Å². The van der Waals surface area contributed by atoms with E-state index in [1.807, 2.05) is 0 Å². The Kier molecular flexibility index (Phi) is 158. The second-order valence-corrected chi connectivity index (χ2v) is 0.612. The van der Waals surface area contributed by atoms with Crippen molar-refractivity contribution in [3.63, 3.8) is 0 Å². The molecule has 0 heterocycles. The minimum Gasteiger partial charge on any atom is -0.542 e. The van der Waals surface area contributed by atoms with Crippen molar-refractivity contribution in [1.29, 1.82) is 0 Å². The van der Waals surface area contributed by atoms with Crippen LogP contribution in [0.1, 0.15) is 20.8 Å². The van der Waals surface area contributed by atoms with E-state index in [1.54, 1.807) is 0 Å². The normalized spacial score (nSPS) is 3.90. The first kappa shape index (κ1) is 22.6. The van der Waals surface area contributed by atoms with Gasteiger partial charge in [-0.2, -0.15) is 20.8 Å². The molecule has 0 fully saturated rings. The average molecular weight is 177 g/mol. The molecular formula is C6H9O3Ti. The van der Waals surface area contributed by atoms with Crippen LogP contribution in [0.2, 0.25) is 0 Å². The van der Waals surface area contributed by atoms with E-state index in [0.717, 1.165) is 0 Å². The second kappa shape index (κ2) is 70.1. The molecule has 0 atom stereocenters. The van der Waals surface area contributed by atoms with Crippen LogP contribution in [-0.4, -0.2) is 18.9 Å². The monoisotopic (exact) mass is 177 g/mol. The Bertz CT molecular complexity index is 49.7. The molecule has 0 aliphatic rings. The van der Waals surface area contributed by atoms with Crippen molar-refractivity contribution in [2.24, 2.45) is 0 Å². The first-order chi connectivity index (χ1) is 4.24. The van der Waals surface area contributed by atoms with Crippen LogP contribution in [-0.2, 0) is 36.1 Å². The smallest absolute Gasteiger partial charge is 0.542 e. The van der Waals surface area contributed by atoms with E-state index in [1.165, 1.54) is 39.6 Å². The van der Waals surface area contributed by atoms with E-state index in [4.69, 9.17) is 14.4 Å². The Morgan fingerprint density at radius 2 is 0.700 bits per heavy atom. The molecule has 0 aromatic heterocycles. The summed E-state index contributed by atoms with van der Waals surface area (Å²) in [5.74, 6) is 0. The summed E-state index contributed by atoms with van der Waals surface area (Å²) in [5, 5.41) is 0. The van der Waals surface area contributed by atoms with Gasteiger partial charge in [-0.3, -0.25) is 18.9 Å². The zero-order valence-corrected chi connectivity index (χ0v) is 7.79. The van der Waals surface area contributed by atoms with Crippen LogP contribution in [0.25, 0.3) is 0 Å². The topological polar surface area (TPSA) is 51.2 Å². The van der Waals surface area contributed by atoms with Crippen LogP contribution in [0.3, 0.4) is 0 Å². The van der Waals surface area contributed by atoms with Crippen molar-refractivity contribution < 1.29 is 36.1 Å². The van der Waals surface area contributed by atoms with Gasteiger partial charge in [0.25, 0.3) is 0 Å². The Morgan fingerprint density at radius 1 is 0.700 bits per heavy atom. The molecule has 0 aromatic carbocycles. The summed E-state index contributed by atoms with van der Waals surface area (Å²) < 4.78 is 0. The third-order valence-electron chi connectivity index (χ3n) is 0. The number of hydrogen-bond acceptors (Lipinski definition) is 3. The van der Waals surface area contributed by atoms with E-state index >= 15 is 0 Å². The Labute approximate surface area is 76.1 Å². The summed E-state index contributed by atoms with van der Waals surface area (Å²) in [6.45, 7) is 3.96. The van der Waals surface area contributed by atoms with E-state index < -0.39 is 0 Å². The zero-order chi connectivity index (χ0) is 8.12. The van der Waals surface area contributed by atoms with E-state index in [2.05, 4.69) is 0 Å². The standard InChI is InChI=1S/3C2H3O.Ti/c3*1-2-3;/h3*1H3;/q3*-1;+3. The van der Waals surface area contributed by atoms with Crippen molar-refractivity contribution in [2.45, 2.75) is 20.8 Å². The molecule has 0 unspecified atom stereocenters. The summed E-state index contributed by atoms with van der Waals surface area (Å²) in [5.41, 5.74) is 0. The van der Waals surface area contributed by atoms with Gasteiger partial charge >= 0.3 is 21.7 Å². The molecule has 0 amide bonds. The molecule has 0 rings (SSSR count). The third-order valence-corrected chi connectivity index (χ3v) is 0. The summed E-state index contributed by atoms with van der Waals surface area (Å²) in [7, 11) is 0. The van der Waals surface area contributed by atoms with Gasteiger partial charge in [0, 0.05) is 0 Å². The average Bonchev–Trinajstić information content (AvgIpc) is 1.70. The summed E-state index contributed by atoms with van der Waals surface area (Å²) >= 11 is 0. The Morgan fingerprint density at radius 3 is 0.700 bits per heavy atom. The molecule has 3 nitrogen and oxygen atoms in total. The van der Waals surface area contributed by atoms with Gasteiger partial charge in [0.05, 0.1) is 0 Å². The van der Waals surface area contributed by atoms with Gasteiger partial charge < -0.3 is 14.4 Å². The predicted molar refractivity (Wildman–Crippen MR) is 34.1 cm³/mol. The van der Waals surface area contributed by atoms with Crippen molar-refractivity contribution in [2.75, 3.05) is 0 Å². The van der Waals surface area contributed by atoms with Crippen LogP contribution < -0.4 is 0 Å². The summed E-state index contributed by atoms with van der Waals surface area (Å²) in [6, 6.07) is 0. The quantitative estimate of drug-likeness (QED) is 0.396. The van der Waals surface area contributed by atoms with E-state index in [-0.39, 0.29) is 21.7 Å². The van der Waals surface area contributed by atoms with Gasteiger partial charge in [0.2, 0.25) is 0 Å². The fourth-order valence-corrected chi connectivity index (χ4v) is 0. The molecule has 1 radical (unpaired) electrons. The van der Waals surface area contributed by atoms with E-state index in [0.29, 0.717) is 0 Å². The van der Waals surface area contributed by atoms with Crippen LogP contribution in [0.5, 0.6) is 0 Å². The minimum atomic E-state index is 0. The van der Waals surface area contributed by atoms with Crippen LogP contribution in [0, 0.1) is 0 Å². The number of hydrogen-bond donors (Lipinski definition) is 0. The molecule has 0 aliphatic heterocycles. The molecule has 0 aliphatic carbocycles. The van der Waals surface area contributed by atoms with Crippen molar-refractivity contribution in [1.82, 2.24) is 0 Å². The fraction of sp³-hybridized carbons (Fsp3) is 0.500. The SMILES string of the molecule is C[C-]=O.C[C-]=O.C[C-]=O.[Ti+3]. The number of carbonyl (C=O) groups excluding carboxylic acids is 3. The van der Waals surface area contributed by atoms with Gasteiger partial charge in [0.15, 0.2) is 0 Å². The van der Waals surface area contributed by atoms with Crippen molar-refractivity contribution in [3.8, 4) is 0 Å². The van der Waals surface area contributed by atoms with Gasteiger partial charge in [0.1, 0.15) is 0 Å². The molecular weight excluding hydrogens is 168 g/mol. The first-order valence-corrected chi connectivity index (χ1v) is 2.11. The fourth-order valence-electron chi connectivity index (χ4n) is 0. The minimum absolute atomic E-state index is 0. The first-order valence-electron chi connectivity index (χ1n) is 2.11. The third kappa shape index (κ3) is 4590. The maximum absolute atomic E-state index is 8.68. The van der Waals surface area contributed by atoms with E-state index in [9.17, 15) is 0 Å². The van der Waals surface area contributed by atoms with Gasteiger partial charge in [-0.15, -0.1) is 0 Å². The number of rotatable bonds is 0. The largest absolute Gasteiger partial charge is 3.00 e. The molecule has 10 heavy (non-hydrogen) atoms. The molecule has 55 valence electrons. The molecule has 0 aromatic rings. The Balaban J connectivity index is -0.0000000257. The maximum Gasteiger partial charge on any atom is 3.00 e. The van der Waals surface area contributed by atoms with Crippen molar-refractivity contribution >= 4 is 18.9 Å². The van der Waals surface area contributed by atoms with Crippen LogP contribution in [0.4, 0.5) is 0 Å². The van der Waals surface area contributed by atoms with Crippen LogP contribution >= 0.6 is 0 Å². The molecule has 0 spiro atoms. The molecule has 4 heteroatoms. The maximum atomic E-state index is 8.68. The molecule has 0 saturated carbocycles. The van der Waals surface area contributed by atoms with Gasteiger partial charge in [-0.1, -0.05) is 0 Å². The van der Waals surface area contributed by atoms with Crippen molar-refractivity contribution in [3.05, 3.63) is 0 Å². The van der Waals surface area contributed by atoms with Gasteiger partial charge in [-0.05, 0) is 0 Å². The Hall–Kier alpha value is -0.276. The van der Waals surface area contributed by atoms with Crippen LogP contribution in [0.15, 0.2) is 0 Å². The predicted octanol–water partition coefficient (Wildman–Crippen LogP) is 0.346. The zero-order valence-electron chi connectivity index (χ0n) is 6.22. The summed E-state index contributed by atoms with van der Waals surface area (Å²) in [4.78, 5) is 26.0. The molecule has 0 N–H and O–H groups in total. The molecule has 0 saturated heterocycles.